The Morgan fingerprint density at radius 2 is 1.38 bits per heavy atom. The fourth-order valence-corrected chi connectivity index (χ4v) is 2.02. The van der Waals surface area contributed by atoms with Gasteiger partial charge in [0.15, 0.2) is 0 Å². The van der Waals surface area contributed by atoms with Crippen molar-refractivity contribution in [3.05, 3.63) is 12.2 Å². The maximum Gasteiger partial charge on any atom is 0.305 e. The van der Waals surface area contributed by atoms with Crippen molar-refractivity contribution in [1.82, 2.24) is 0 Å². The predicted molar refractivity (Wildman–Crippen MR) is 58.6 cm³/mol. The second kappa shape index (κ2) is 6.30. The molecule has 0 bridgehead atoms. The Bertz CT molecular complexity index is 255. The normalized spacial score (nSPS) is 23.9. The van der Waals surface area contributed by atoms with Crippen LogP contribution in [0.25, 0.3) is 0 Å². The second-order valence-electron chi connectivity index (χ2n) is 4.02. The molecule has 0 aliphatic heterocycles. The van der Waals surface area contributed by atoms with Gasteiger partial charge in [-0.2, -0.15) is 0 Å². The minimum absolute atomic E-state index is 0.191. The van der Waals surface area contributed by atoms with E-state index in [1.54, 1.807) is 0 Å². The third kappa shape index (κ3) is 3.68. The Morgan fingerprint density at radius 3 is 1.69 bits per heavy atom. The molecular weight excluding hydrogens is 208 g/mol. The molecule has 0 heterocycles. The largest absolute Gasteiger partial charge is 0.469 e. The molecule has 90 valence electrons. The van der Waals surface area contributed by atoms with E-state index in [9.17, 15) is 9.59 Å². The van der Waals surface area contributed by atoms with E-state index in [0.29, 0.717) is 12.8 Å². The maximum atomic E-state index is 11.2. The van der Waals surface area contributed by atoms with Crippen molar-refractivity contribution in [3.63, 3.8) is 0 Å². The smallest absolute Gasteiger partial charge is 0.305 e. The number of hydrogen-bond acceptors (Lipinski definition) is 4. The van der Waals surface area contributed by atoms with Crippen LogP contribution in [0, 0.1) is 11.8 Å². The van der Waals surface area contributed by atoms with Gasteiger partial charge in [0.25, 0.3) is 0 Å². The van der Waals surface area contributed by atoms with Crippen LogP contribution in [-0.4, -0.2) is 26.2 Å². The summed E-state index contributed by atoms with van der Waals surface area (Å²) in [5.74, 6) is -0.0431. The summed E-state index contributed by atoms with van der Waals surface area (Å²) >= 11 is 0. The zero-order valence-corrected chi connectivity index (χ0v) is 9.77. The van der Waals surface area contributed by atoms with Crippen LogP contribution in [0.3, 0.4) is 0 Å². The van der Waals surface area contributed by atoms with Gasteiger partial charge in [-0.25, -0.2) is 0 Å². The average Bonchev–Trinajstić information content (AvgIpc) is 2.31. The second-order valence-corrected chi connectivity index (χ2v) is 4.02. The molecule has 0 N–H and O–H groups in total. The molecule has 0 saturated carbocycles. The van der Waals surface area contributed by atoms with E-state index in [4.69, 9.17) is 0 Å². The van der Waals surface area contributed by atoms with Crippen molar-refractivity contribution in [2.45, 2.75) is 25.7 Å². The predicted octanol–water partition coefficient (Wildman–Crippen LogP) is 1.70. The van der Waals surface area contributed by atoms with E-state index in [1.807, 2.05) is 0 Å². The molecule has 0 amide bonds. The summed E-state index contributed by atoms with van der Waals surface area (Å²) < 4.78 is 9.31. The Balaban J connectivity index is 2.54. The van der Waals surface area contributed by atoms with Gasteiger partial charge >= 0.3 is 11.9 Å². The first-order valence-corrected chi connectivity index (χ1v) is 5.46. The average molecular weight is 226 g/mol. The lowest BCUT2D eigenvalue weighted by molar-refractivity contribution is -0.145. The number of carbonyl (C=O) groups excluding carboxylic acids is 2. The molecule has 0 radical (unpaired) electrons. The molecular formula is C12H18O4. The van der Waals surface area contributed by atoms with E-state index in [1.165, 1.54) is 14.2 Å². The highest BCUT2D eigenvalue weighted by atomic mass is 16.5. The van der Waals surface area contributed by atoms with Gasteiger partial charge in [0, 0.05) is 12.8 Å². The van der Waals surface area contributed by atoms with Crippen molar-refractivity contribution in [2.24, 2.45) is 11.8 Å². The van der Waals surface area contributed by atoms with Gasteiger partial charge in [0.05, 0.1) is 14.2 Å². The summed E-state index contributed by atoms with van der Waals surface area (Å²) in [6.45, 7) is 0. The van der Waals surface area contributed by atoms with Crippen LogP contribution in [0.2, 0.25) is 0 Å². The third-order valence-electron chi connectivity index (χ3n) is 3.02. The molecule has 0 unspecified atom stereocenters. The highest BCUT2D eigenvalue weighted by molar-refractivity contribution is 5.71. The van der Waals surface area contributed by atoms with E-state index in [-0.39, 0.29) is 23.8 Å². The number of allylic oxidation sites excluding steroid dienone is 2. The summed E-state index contributed by atoms with van der Waals surface area (Å²) in [5.41, 5.74) is 0. The van der Waals surface area contributed by atoms with Crippen molar-refractivity contribution >= 4 is 11.9 Å². The van der Waals surface area contributed by atoms with Crippen LogP contribution in [0.15, 0.2) is 12.2 Å². The maximum absolute atomic E-state index is 11.2. The van der Waals surface area contributed by atoms with Crippen molar-refractivity contribution in [2.75, 3.05) is 14.2 Å². The Labute approximate surface area is 95.6 Å². The number of esters is 2. The van der Waals surface area contributed by atoms with Crippen LogP contribution in [0.5, 0.6) is 0 Å². The van der Waals surface area contributed by atoms with Gasteiger partial charge in [-0.3, -0.25) is 9.59 Å². The number of carbonyl (C=O) groups is 2. The zero-order valence-electron chi connectivity index (χ0n) is 9.77. The van der Waals surface area contributed by atoms with Gasteiger partial charge in [0.1, 0.15) is 0 Å². The van der Waals surface area contributed by atoms with Gasteiger partial charge < -0.3 is 9.47 Å². The van der Waals surface area contributed by atoms with E-state index in [2.05, 4.69) is 21.6 Å². The van der Waals surface area contributed by atoms with Crippen LogP contribution in [0.4, 0.5) is 0 Å². The Hall–Kier alpha value is -1.32. The van der Waals surface area contributed by atoms with Crippen LogP contribution in [0.1, 0.15) is 25.7 Å². The first-order chi connectivity index (χ1) is 7.67. The minimum Gasteiger partial charge on any atom is -0.469 e. The molecule has 0 aromatic carbocycles. The lowest BCUT2D eigenvalue weighted by atomic mass is 9.79. The molecule has 4 heteroatoms. The Kier molecular flexibility index (Phi) is 5.02. The third-order valence-corrected chi connectivity index (χ3v) is 3.02. The lowest BCUT2D eigenvalue weighted by Crippen LogP contribution is -2.23. The molecule has 2 atom stereocenters. The van der Waals surface area contributed by atoms with E-state index in [0.717, 1.165) is 12.8 Å². The fourth-order valence-electron chi connectivity index (χ4n) is 2.02. The number of hydrogen-bond donors (Lipinski definition) is 0. The fraction of sp³-hybridized carbons (Fsp3) is 0.667. The quantitative estimate of drug-likeness (QED) is 0.540. The summed E-state index contributed by atoms with van der Waals surface area (Å²) in [6, 6.07) is 0. The first kappa shape index (κ1) is 12.7. The lowest BCUT2D eigenvalue weighted by Gasteiger charge is -2.26. The molecule has 1 aliphatic rings. The highest BCUT2D eigenvalue weighted by Crippen LogP contribution is 2.31. The highest BCUT2D eigenvalue weighted by Gasteiger charge is 2.27. The number of rotatable bonds is 4. The molecule has 1 rings (SSSR count). The summed E-state index contributed by atoms with van der Waals surface area (Å²) in [7, 11) is 2.77. The van der Waals surface area contributed by atoms with Crippen molar-refractivity contribution < 1.29 is 19.1 Å². The first-order valence-electron chi connectivity index (χ1n) is 5.46. The molecule has 0 saturated heterocycles. The topological polar surface area (TPSA) is 52.6 Å². The molecule has 0 aromatic rings. The van der Waals surface area contributed by atoms with Crippen LogP contribution in [-0.2, 0) is 19.1 Å². The summed E-state index contributed by atoms with van der Waals surface area (Å²) in [6.07, 6.45) is 6.53. The molecule has 4 nitrogen and oxygen atoms in total. The molecule has 0 aromatic heterocycles. The number of methoxy groups -OCH3 is 2. The summed E-state index contributed by atoms with van der Waals surface area (Å²) in [4.78, 5) is 22.4. The van der Waals surface area contributed by atoms with Crippen molar-refractivity contribution in [3.8, 4) is 0 Å². The van der Waals surface area contributed by atoms with Crippen LogP contribution >= 0.6 is 0 Å². The minimum atomic E-state index is -0.213. The van der Waals surface area contributed by atoms with Crippen molar-refractivity contribution in [1.29, 1.82) is 0 Å². The molecule has 0 fully saturated rings. The van der Waals surface area contributed by atoms with Gasteiger partial charge in [-0.05, 0) is 24.7 Å². The molecule has 16 heavy (non-hydrogen) atoms. The van der Waals surface area contributed by atoms with E-state index >= 15 is 0 Å². The van der Waals surface area contributed by atoms with Crippen LogP contribution < -0.4 is 0 Å². The van der Waals surface area contributed by atoms with Gasteiger partial charge in [-0.15, -0.1) is 0 Å². The molecule has 1 aliphatic carbocycles. The Morgan fingerprint density at radius 1 is 1.00 bits per heavy atom. The summed E-state index contributed by atoms with van der Waals surface area (Å²) in [5, 5.41) is 0. The molecule has 0 spiro atoms. The van der Waals surface area contributed by atoms with Gasteiger partial charge in [-0.1, -0.05) is 12.2 Å². The van der Waals surface area contributed by atoms with Gasteiger partial charge in [0.2, 0.25) is 0 Å². The zero-order chi connectivity index (χ0) is 12.0. The monoisotopic (exact) mass is 226 g/mol. The van der Waals surface area contributed by atoms with E-state index < -0.39 is 0 Å². The SMILES string of the molecule is COC(=O)C[C@H]1CC=CC[C@H]1CC(=O)OC. The number of ether oxygens (including phenoxy) is 2. The standard InChI is InChI=1S/C12H18O4/c1-15-11(13)7-9-5-3-4-6-10(9)8-12(14)16-2/h3-4,9-10H,5-8H2,1-2H3/t9-,10+.